The lowest BCUT2D eigenvalue weighted by Gasteiger charge is -2.23. The van der Waals surface area contributed by atoms with Crippen LogP contribution in [-0.2, 0) is 0 Å². The second-order valence-corrected chi connectivity index (χ2v) is 7.67. The topological polar surface area (TPSA) is 0 Å². The van der Waals surface area contributed by atoms with Crippen LogP contribution < -0.4 is 0 Å². The van der Waals surface area contributed by atoms with Crippen molar-refractivity contribution >= 4 is 0 Å². The van der Waals surface area contributed by atoms with Gasteiger partial charge in [-0.15, -0.1) is 0 Å². The van der Waals surface area contributed by atoms with E-state index in [0.29, 0.717) is 0 Å². The van der Waals surface area contributed by atoms with E-state index >= 15 is 0 Å². The largest absolute Gasteiger partial charge is 0.0654 e. The Bertz CT molecular complexity index is 208. The average Bonchev–Trinajstić information content (AvgIpc) is 2.49. The zero-order valence-electron chi connectivity index (χ0n) is 16.1. The van der Waals surface area contributed by atoms with Gasteiger partial charge in [-0.05, 0) is 23.7 Å². The highest BCUT2D eigenvalue weighted by Crippen LogP contribution is 2.28. The Morgan fingerprint density at radius 1 is 0.524 bits per heavy atom. The van der Waals surface area contributed by atoms with Crippen LogP contribution in [0, 0.1) is 23.7 Å². The Morgan fingerprint density at radius 2 is 1.05 bits per heavy atom. The van der Waals surface area contributed by atoms with Crippen LogP contribution in [0.4, 0.5) is 0 Å². The van der Waals surface area contributed by atoms with Crippen molar-refractivity contribution in [1.82, 2.24) is 0 Å². The molecule has 0 saturated carbocycles. The van der Waals surface area contributed by atoms with E-state index in [-0.39, 0.29) is 0 Å². The fraction of sp³-hybridized carbons (Fsp3) is 1.00. The van der Waals surface area contributed by atoms with Crippen molar-refractivity contribution in [2.75, 3.05) is 0 Å². The molecule has 0 aliphatic carbocycles. The summed E-state index contributed by atoms with van der Waals surface area (Å²) in [4.78, 5) is 0. The summed E-state index contributed by atoms with van der Waals surface area (Å²) in [6, 6.07) is 0. The van der Waals surface area contributed by atoms with Crippen LogP contribution in [0.1, 0.15) is 112 Å². The summed E-state index contributed by atoms with van der Waals surface area (Å²) < 4.78 is 0. The molecule has 0 aromatic heterocycles. The third-order valence-electron chi connectivity index (χ3n) is 5.83. The normalized spacial score (nSPS) is 17.4. The van der Waals surface area contributed by atoms with E-state index in [4.69, 9.17) is 0 Å². The number of unbranched alkanes of at least 4 members (excludes halogenated alkanes) is 3. The van der Waals surface area contributed by atoms with Crippen LogP contribution in [0.15, 0.2) is 0 Å². The summed E-state index contributed by atoms with van der Waals surface area (Å²) in [6.07, 6.45) is 15.7. The molecule has 0 aliphatic heterocycles. The first-order chi connectivity index (χ1) is 10.1. The second kappa shape index (κ2) is 13.6. The number of hydrogen-bond acceptors (Lipinski definition) is 0. The molecule has 0 nitrogen and oxygen atoms in total. The molecule has 0 saturated heterocycles. The minimum absolute atomic E-state index is 0.926. The molecular weight excluding hydrogens is 252 g/mol. The molecule has 4 atom stereocenters. The Kier molecular flexibility index (Phi) is 13.6. The molecule has 0 fully saturated rings. The molecule has 0 rings (SSSR count). The van der Waals surface area contributed by atoms with Gasteiger partial charge in [0.05, 0.1) is 0 Å². The van der Waals surface area contributed by atoms with Gasteiger partial charge in [-0.1, -0.05) is 112 Å². The van der Waals surface area contributed by atoms with Crippen molar-refractivity contribution in [3.63, 3.8) is 0 Å². The molecule has 0 radical (unpaired) electrons. The number of rotatable bonds is 14. The van der Waals surface area contributed by atoms with Gasteiger partial charge in [-0.3, -0.25) is 0 Å². The molecule has 0 aromatic rings. The monoisotopic (exact) mass is 296 g/mol. The highest BCUT2D eigenvalue weighted by molar-refractivity contribution is 4.67. The summed E-state index contributed by atoms with van der Waals surface area (Å²) >= 11 is 0. The smallest absolute Gasteiger partial charge is 0.0389 e. The van der Waals surface area contributed by atoms with Gasteiger partial charge in [-0.25, -0.2) is 0 Å². The molecule has 21 heavy (non-hydrogen) atoms. The van der Waals surface area contributed by atoms with Crippen molar-refractivity contribution in [1.29, 1.82) is 0 Å². The summed E-state index contributed by atoms with van der Waals surface area (Å²) in [5, 5.41) is 0. The lowest BCUT2D eigenvalue weighted by atomic mass is 9.82. The van der Waals surface area contributed by atoms with Crippen LogP contribution in [0.2, 0.25) is 0 Å². The first-order valence-electron chi connectivity index (χ1n) is 10.1. The molecule has 0 spiro atoms. The first kappa shape index (κ1) is 21.0. The molecule has 0 N–H and O–H groups in total. The van der Waals surface area contributed by atoms with Gasteiger partial charge in [-0.2, -0.15) is 0 Å². The van der Waals surface area contributed by atoms with Crippen molar-refractivity contribution in [3.8, 4) is 0 Å². The summed E-state index contributed by atoms with van der Waals surface area (Å²) in [5.74, 6) is 3.76. The van der Waals surface area contributed by atoms with Crippen LogP contribution >= 0.6 is 0 Å². The predicted octanol–water partition coefficient (Wildman–Crippen LogP) is 7.86. The van der Waals surface area contributed by atoms with Crippen LogP contribution in [0.25, 0.3) is 0 Å². The second-order valence-electron chi connectivity index (χ2n) is 7.67. The van der Waals surface area contributed by atoms with E-state index in [2.05, 4.69) is 41.5 Å². The van der Waals surface area contributed by atoms with E-state index in [1.165, 1.54) is 70.6 Å². The Morgan fingerprint density at radius 3 is 1.52 bits per heavy atom. The number of hydrogen-bond donors (Lipinski definition) is 0. The standard InChI is InChI=1S/C21H44/c1-7-10-11-15-19(5)20(6)16-12-13-17-21(14-8-2)18(4)9-3/h18-21H,7-17H2,1-6H3. The zero-order valence-corrected chi connectivity index (χ0v) is 16.1. The SMILES string of the molecule is CCCCCC(C)C(C)CCCCC(CCC)C(C)CC. The lowest BCUT2D eigenvalue weighted by Crippen LogP contribution is -2.12. The van der Waals surface area contributed by atoms with Gasteiger partial charge in [0.2, 0.25) is 0 Å². The van der Waals surface area contributed by atoms with Crippen molar-refractivity contribution in [2.24, 2.45) is 23.7 Å². The molecule has 0 aliphatic rings. The first-order valence-corrected chi connectivity index (χ1v) is 10.1. The average molecular weight is 297 g/mol. The molecule has 4 unspecified atom stereocenters. The molecule has 0 amide bonds. The Balaban J connectivity index is 3.80. The van der Waals surface area contributed by atoms with E-state index in [9.17, 15) is 0 Å². The Hall–Kier alpha value is 0. The van der Waals surface area contributed by atoms with E-state index in [0.717, 1.165) is 23.7 Å². The summed E-state index contributed by atoms with van der Waals surface area (Å²) in [6.45, 7) is 14.4. The highest BCUT2D eigenvalue weighted by Gasteiger charge is 2.15. The van der Waals surface area contributed by atoms with Crippen molar-refractivity contribution in [3.05, 3.63) is 0 Å². The van der Waals surface area contributed by atoms with Gasteiger partial charge >= 0.3 is 0 Å². The van der Waals surface area contributed by atoms with Crippen LogP contribution in [0.5, 0.6) is 0 Å². The van der Waals surface area contributed by atoms with Gasteiger partial charge in [0.1, 0.15) is 0 Å². The van der Waals surface area contributed by atoms with Crippen molar-refractivity contribution in [2.45, 2.75) is 112 Å². The third-order valence-corrected chi connectivity index (χ3v) is 5.83. The maximum atomic E-state index is 2.48. The van der Waals surface area contributed by atoms with E-state index in [1.54, 1.807) is 0 Å². The minimum atomic E-state index is 0.926. The lowest BCUT2D eigenvalue weighted by molar-refractivity contribution is 0.281. The minimum Gasteiger partial charge on any atom is -0.0654 e. The predicted molar refractivity (Wildman–Crippen MR) is 98.8 cm³/mol. The van der Waals surface area contributed by atoms with Crippen LogP contribution in [0.3, 0.4) is 0 Å². The zero-order chi connectivity index (χ0) is 16.1. The molecule has 128 valence electrons. The Labute approximate surface area is 136 Å². The summed E-state index contributed by atoms with van der Waals surface area (Å²) in [5.41, 5.74) is 0. The van der Waals surface area contributed by atoms with Gasteiger partial charge in [0.25, 0.3) is 0 Å². The van der Waals surface area contributed by atoms with Gasteiger partial charge in [0.15, 0.2) is 0 Å². The van der Waals surface area contributed by atoms with Crippen molar-refractivity contribution < 1.29 is 0 Å². The summed E-state index contributed by atoms with van der Waals surface area (Å²) in [7, 11) is 0. The van der Waals surface area contributed by atoms with Gasteiger partial charge < -0.3 is 0 Å². The molecule has 0 heterocycles. The molecule has 0 aromatic carbocycles. The third kappa shape index (κ3) is 10.4. The molecule has 0 heteroatoms. The quantitative estimate of drug-likeness (QED) is 0.286. The fourth-order valence-electron chi connectivity index (χ4n) is 3.58. The molecule has 0 bridgehead atoms. The van der Waals surface area contributed by atoms with E-state index in [1.807, 2.05) is 0 Å². The fourth-order valence-corrected chi connectivity index (χ4v) is 3.58. The maximum Gasteiger partial charge on any atom is -0.0389 e. The molecular formula is C21H44. The highest BCUT2D eigenvalue weighted by atomic mass is 14.2. The van der Waals surface area contributed by atoms with Crippen LogP contribution in [-0.4, -0.2) is 0 Å². The maximum absolute atomic E-state index is 2.48. The van der Waals surface area contributed by atoms with E-state index < -0.39 is 0 Å². The van der Waals surface area contributed by atoms with Gasteiger partial charge in [0, 0.05) is 0 Å².